The van der Waals surface area contributed by atoms with E-state index in [0.717, 1.165) is 33.4 Å². The predicted octanol–water partition coefficient (Wildman–Crippen LogP) is 17.5. The number of benzene rings is 4. The number of hydrogen-bond acceptors (Lipinski definition) is 8. The summed E-state index contributed by atoms with van der Waals surface area (Å²) in [5.41, 5.74) is 5.44. The third kappa shape index (κ3) is 7.94. The Hall–Kier alpha value is 1.08. The molecule has 0 amide bonds. The van der Waals surface area contributed by atoms with Gasteiger partial charge in [0.1, 0.15) is 0 Å². The van der Waals surface area contributed by atoms with E-state index in [1.54, 1.807) is 24.3 Å². The van der Waals surface area contributed by atoms with Crippen molar-refractivity contribution in [2.45, 2.75) is 5.41 Å². The van der Waals surface area contributed by atoms with Crippen molar-refractivity contribution < 1.29 is 9.05 Å². The monoisotopic (exact) mass is 970 g/mol. The van der Waals surface area contributed by atoms with Crippen LogP contribution in [0.5, 0.6) is 11.5 Å². The van der Waals surface area contributed by atoms with Crippen molar-refractivity contribution in [3.63, 3.8) is 0 Å². The van der Waals surface area contributed by atoms with Crippen LogP contribution in [0.1, 0.15) is 22.3 Å². The summed E-state index contributed by atoms with van der Waals surface area (Å²) in [6.07, 6.45) is 0. The van der Waals surface area contributed by atoms with E-state index in [1.807, 2.05) is 48.5 Å². The Labute approximate surface area is 331 Å². The number of nitrogens with zero attached hydrogens (tertiary/aromatic N) is 4. The lowest BCUT2D eigenvalue weighted by Gasteiger charge is -2.34. The van der Waals surface area contributed by atoms with Crippen LogP contribution in [0.2, 0.25) is 0 Å². The van der Waals surface area contributed by atoms with Crippen molar-refractivity contribution >= 4 is 150 Å². The Balaban J connectivity index is 1.33. The molecule has 2 N–H and O–H groups in total. The van der Waals surface area contributed by atoms with Gasteiger partial charge < -0.3 is 0 Å². The minimum atomic E-state index is -3.43. The number of fused-ring (bicyclic) bond motifs is 3. The molecule has 0 radical (unpaired) electrons. The second-order valence-corrected chi connectivity index (χ2v) is 37.6. The first-order valence-corrected chi connectivity index (χ1v) is 32.7. The lowest BCUT2D eigenvalue weighted by Crippen LogP contribution is -2.28. The van der Waals surface area contributed by atoms with Crippen LogP contribution in [0, 0.1) is 0 Å². The van der Waals surface area contributed by atoms with Crippen molar-refractivity contribution in [1.29, 1.82) is 0 Å². The van der Waals surface area contributed by atoms with E-state index in [-0.39, 0.29) is 0 Å². The number of hydrogen-bond donors (Lipinski definition) is 2. The fourth-order valence-electron chi connectivity index (χ4n) is 5.86. The van der Waals surface area contributed by atoms with Crippen molar-refractivity contribution in [1.82, 2.24) is 9.72 Å². The molecule has 0 fully saturated rings. The van der Waals surface area contributed by atoms with E-state index in [1.165, 1.54) is 0 Å². The predicted molar refractivity (Wildman–Crippen MR) is 221 cm³/mol. The maximum atomic E-state index is 6.70. The van der Waals surface area contributed by atoms with Crippen LogP contribution in [0.3, 0.4) is 0 Å². The van der Waals surface area contributed by atoms with E-state index in [4.69, 9.17) is 121 Å². The van der Waals surface area contributed by atoms with Crippen molar-refractivity contribution in [3.05, 3.63) is 119 Å². The standard InChI is InChI=1S/C25H18Cl10N6O2P6/c26-44(27)36-45(28,29)39-48(34,38-44)42-19-13-9-17(10-14-19)25(23-7-3-1-5-21(23)22-6-2-4-8-24(22)25)18-11-15-20(16-12-18)43-49(35)40-46(30,31)37-47(32,33)41-49/h1-16,36-37H/q+2. The zero-order valence-electron chi connectivity index (χ0n) is 23.8. The quantitative estimate of drug-likeness (QED) is 0.166. The first-order chi connectivity index (χ1) is 22.8. The normalized spacial score (nSPS) is 22.5. The maximum absolute atomic E-state index is 6.70. The largest absolute Gasteiger partial charge is 0.532 e. The second-order valence-electron chi connectivity index (χ2n) is 10.5. The van der Waals surface area contributed by atoms with Crippen LogP contribution in [0.15, 0.2) is 115 Å². The van der Waals surface area contributed by atoms with Gasteiger partial charge in [0.25, 0.3) is 23.6 Å². The molecule has 0 saturated carbocycles. The zero-order valence-corrected chi connectivity index (χ0v) is 36.7. The molecule has 7 rings (SSSR count). The fraction of sp³-hybridized carbons (Fsp3) is 0.0400. The molecule has 49 heavy (non-hydrogen) atoms. The molecule has 1 aliphatic carbocycles. The summed E-state index contributed by atoms with van der Waals surface area (Å²) in [6.45, 7) is 0. The van der Waals surface area contributed by atoms with E-state index in [2.05, 4.69) is 52.0 Å². The van der Waals surface area contributed by atoms with Crippen LogP contribution in [0.4, 0.5) is 0 Å². The summed E-state index contributed by atoms with van der Waals surface area (Å²) in [4.78, 5) is 5.32. The van der Waals surface area contributed by atoms with Crippen LogP contribution in [-0.2, 0) is 5.41 Å². The summed E-state index contributed by atoms with van der Waals surface area (Å²) >= 11 is 63.9. The van der Waals surface area contributed by atoms with Gasteiger partial charge in [-0.05, 0) is 166 Å². The van der Waals surface area contributed by atoms with Gasteiger partial charge in [0.15, 0.2) is 34.0 Å². The molecule has 3 aliphatic rings. The minimum absolute atomic E-state index is 0.377. The third-order valence-corrected chi connectivity index (χ3v) is 32.4. The highest BCUT2D eigenvalue weighted by Gasteiger charge is 2.54. The molecule has 258 valence electrons. The Kier molecular flexibility index (Phi) is 10.7. The molecule has 0 spiro atoms. The number of halogens is 10. The molecule has 2 aliphatic heterocycles. The molecular formula is C25H18Cl10N6O2P6+2. The number of nitrogens with one attached hydrogen (secondary N) is 2. The summed E-state index contributed by atoms with van der Waals surface area (Å²) in [5.74, 6) is -11.9. The Morgan fingerprint density at radius 1 is 0.469 bits per heavy atom. The Morgan fingerprint density at radius 3 is 1.10 bits per heavy atom. The Morgan fingerprint density at radius 2 is 0.776 bits per heavy atom. The molecule has 4 aromatic rings. The fourth-order valence-corrected chi connectivity index (χ4v) is 40.9. The van der Waals surface area contributed by atoms with Gasteiger partial charge in [-0.2, -0.15) is 9.72 Å². The van der Waals surface area contributed by atoms with Crippen molar-refractivity contribution in [2.75, 3.05) is 0 Å². The van der Waals surface area contributed by atoms with E-state index in [9.17, 15) is 0 Å². The molecular weight excluding hydrogens is 957 g/mol. The van der Waals surface area contributed by atoms with E-state index >= 15 is 0 Å². The summed E-state index contributed by atoms with van der Waals surface area (Å²) in [7, 11) is -6.87. The van der Waals surface area contributed by atoms with Gasteiger partial charge in [0.2, 0.25) is 0 Å². The lowest BCUT2D eigenvalue weighted by molar-refractivity contribution is 0.608. The molecule has 0 atom stereocenters. The van der Waals surface area contributed by atoms with Gasteiger partial charge >= 0.3 is 14.3 Å². The second kappa shape index (κ2) is 13.7. The molecule has 0 unspecified atom stereocenters. The van der Waals surface area contributed by atoms with Gasteiger partial charge in [-0.15, -0.1) is 0 Å². The van der Waals surface area contributed by atoms with Gasteiger partial charge in [0, 0.05) is 0 Å². The average molecular weight is 975 g/mol. The van der Waals surface area contributed by atoms with Crippen LogP contribution < -0.4 is 18.8 Å². The molecule has 2 heterocycles. The van der Waals surface area contributed by atoms with Gasteiger partial charge in [-0.3, -0.25) is 9.05 Å². The molecule has 0 saturated heterocycles. The van der Waals surface area contributed by atoms with Crippen LogP contribution >= 0.6 is 150 Å². The highest BCUT2D eigenvalue weighted by molar-refractivity contribution is 8.26. The molecule has 0 bridgehead atoms. The van der Waals surface area contributed by atoms with Crippen LogP contribution in [0.25, 0.3) is 11.1 Å². The molecule has 24 heteroatoms. The zero-order chi connectivity index (χ0) is 35.1. The number of rotatable bonds is 6. The van der Waals surface area contributed by atoms with Gasteiger partial charge in [0.05, 0.1) is 5.41 Å². The van der Waals surface area contributed by atoms with E-state index < -0.39 is 43.3 Å². The highest BCUT2D eigenvalue weighted by atomic mass is 35.9. The smallest absolute Gasteiger partial charge is 0.278 e. The van der Waals surface area contributed by atoms with Gasteiger partial charge in [-0.25, -0.2) is 0 Å². The maximum Gasteiger partial charge on any atom is 0.532 e. The summed E-state index contributed by atoms with van der Waals surface area (Å²) < 4.78 is 29.1. The minimum Gasteiger partial charge on any atom is -0.278 e. The average Bonchev–Trinajstić information content (AvgIpc) is 3.25. The lowest BCUT2D eigenvalue weighted by atomic mass is 9.68. The van der Waals surface area contributed by atoms with E-state index in [0.29, 0.717) is 11.5 Å². The summed E-state index contributed by atoms with van der Waals surface area (Å²) in [5, 5.41) is 0. The first kappa shape index (κ1) is 38.4. The first-order valence-electron chi connectivity index (χ1n) is 13.5. The Bertz CT molecular complexity index is 2010. The molecule has 8 nitrogen and oxygen atoms in total. The molecule has 4 aromatic carbocycles. The SMILES string of the molecule is ClP1(Cl)=N[P+](Cl)(Oc2ccc(C3(c4ccc(O[P+]5(Cl)N=P(Cl)(Cl)NP(Cl)(Cl)=N5)cc4)c4ccccc4-c4ccccc43)cc2)N=P(Cl)(Cl)N1. The molecule has 0 aromatic heterocycles. The highest BCUT2D eigenvalue weighted by Crippen LogP contribution is 2.88. The van der Waals surface area contributed by atoms with Crippen molar-refractivity contribution in [2.24, 2.45) is 18.1 Å². The topological polar surface area (TPSA) is 92.0 Å². The third-order valence-electron chi connectivity index (χ3n) is 7.34. The van der Waals surface area contributed by atoms with Crippen LogP contribution in [-0.4, -0.2) is 0 Å². The van der Waals surface area contributed by atoms with Gasteiger partial charge in [-0.1, -0.05) is 72.8 Å². The van der Waals surface area contributed by atoms with Crippen molar-refractivity contribution in [3.8, 4) is 22.6 Å². The summed E-state index contributed by atoms with van der Waals surface area (Å²) in [6, 6.07) is 31.5.